The normalized spacial score (nSPS) is 11.6. The molecule has 2 aromatic heterocycles. The highest BCUT2D eigenvalue weighted by Crippen LogP contribution is 2.22. The number of ketones is 1. The second kappa shape index (κ2) is 6.49. The molecular formula is C15H11FN4O2S. The number of H-pyrrole nitrogens is 1. The number of thiophene rings is 1. The van der Waals surface area contributed by atoms with Crippen molar-refractivity contribution in [3.8, 4) is 0 Å². The van der Waals surface area contributed by atoms with Crippen LogP contribution < -0.4 is 0 Å². The van der Waals surface area contributed by atoms with Gasteiger partial charge in [0.1, 0.15) is 5.82 Å². The number of aromatic amines is 1. The standard InChI is InChI=1S/C15H11FN4O2S/c16-11-4-2-1-3-9(11)7-10-5-6-14(23-10)12(21)8-13(22)15-17-19-20-18-15/h1-6,8,22H,7H2,(H,17,18,19,20). The van der Waals surface area contributed by atoms with Gasteiger partial charge in [0.15, 0.2) is 11.5 Å². The van der Waals surface area contributed by atoms with Crippen LogP contribution in [0.15, 0.2) is 42.5 Å². The molecule has 2 N–H and O–H groups in total. The molecule has 3 aromatic rings. The van der Waals surface area contributed by atoms with E-state index in [2.05, 4.69) is 20.6 Å². The van der Waals surface area contributed by atoms with Gasteiger partial charge in [0.2, 0.25) is 5.82 Å². The zero-order chi connectivity index (χ0) is 16.2. The molecule has 0 radical (unpaired) electrons. The Kier molecular flexibility index (Phi) is 4.24. The van der Waals surface area contributed by atoms with Crippen molar-refractivity contribution in [2.45, 2.75) is 6.42 Å². The van der Waals surface area contributed by atoms with E-state index in [0.29, 0.717) is 16.9 Å². The predicted molar refractivity (Wildman–Crippen MR) is 82.6 cm³/mol. The van der Waals surface area contributed by atoms with E-state index in [4.69, 9.17) is 0 Å². The Balaban J connectivity index is 1.75. The zero-order valence-electron chi connectivity index (χ0n) is 11.7. The number of hydrogen-bond donors (Lipinski definition) is 2. The van der Waals surface area contributed by atoms with Crippen molar-refractivity contribution >= 4 is 22.9 Å². The number of aliphatic hydroxyl groups excluding tert-OH is 1. The topological polar surface area (TPSA) is 91.8 Å². The first-order chi connectivity index (χ1) is 11.1. The first-order valence-corrected chi connectivity index (χ1v) is 7.46. The van der Waals surface area contributed by atoms with Crippen LogP contribution in [0, 0.1) is 5.82 Å². The molecule has 0 amide bonds. The fourth-order valence-corrected chi connectivity index (χ4v) is 2.91. The maximum atomic E-state index is 13.6. The van der Waals surface area contributed by atoms with Gasteiger partial charge in [-0.25, -0.2) is 4.39 Å². The van der Waals surface area contributed by atoms with Crippen LogP contribution in [-0.2, 0) is 6.42 Å². The molecule has 116 valence electrons. The summed E-state index contributed by atoms with van der Waals surface area (Å²) in [5, 5.41) is 22.4. The lowest BCUT2D eigenvalue weighted by atomic mass is 10.1. The van der Waals surface area contributed by atoms with Gasteiger partial charge in [-0.2, -0.15) is 5.21 Å². The van der Waals surface area contributed by atoms with Crippen LogP contribution in [-0.4, -0.2) is 31.5 Å². The fourth-order valence-electron chi connectivity index (χ4n) is 1.96. The van der Waals surface area contributed by atoms with Gasteiger partial charge in [-0.3, -0.25) is 4.79 Å². The minimum atomic E-state index is -0.378. The molecular weight excluding hydrogens is 319 g/mol. The molecule has 0 aliphatic rings. The predicted octanol–water partition coefficient (Wildman–Crippen LogP) is 2.77. The number of rotatable bonds is 5. The van der Waals surface area contributed by atoms with Gasteiger partial charge in [0.05, 0.1) is 4.88 Å². The molecule has 6 nitrogen and oxygen atoms in total. The van der Waals surface area contributed by atoms with Crippen molar-refractivity contribution in [3.05, 3.63) is 69.4 Å². The molecule has 0 aliphatic heterocycles. The highest BCUT2D eigenvalue weighted by Gasteiger charge is 2.12. The van der Waals surface area contributed by atoms with Crippen LogP contribution in [0.5, 0.6) is 0 Å². The molecule has 0 fully saturated rings. The number of allylic oxidation sites excluding steroid dienone is 1. The molecule has 23 heavy (non-hydrogen) atoms. The molecule has 0 saturated carbocycles. The monoisotopic (exact) mass is 330 g/mol. The van der Waals surface area contributed by atoms with E-state index < -0.39 is 0 Å². The number of hydrogen-bond acceptors (Lipinski definition) is 6. The van der Waals surface area contributed by atoms with E-state index in [1.165, 1.54) is 17.4 Å². The number of nitrogens with zero attached hydrogens (tertiary/aromatic N) is 3. The molecule has 0 bridgehead atoms. The number of nitrogens with one attached hydrogen (secondary N) is 1. The second-order valence-corrected chi connectivity index (χ2v) is 5.83. The van der Waals surface area contributed by atoms with Crippen molar-refractivity contribution in [3.63, 3.8) is 0 Å². The highest BCUT2D eigenvalue weighted by molar-refractivity contribution is 7.14. The molecule has 3 rings (SSSR count). The van der Waals surface area contributed by atoms with Gasteiger partial charge in [-0.05, 0) is 29.0 Å². The number of carbonyl (C=O) groups is 1. The van der Waals surface area contributed by atoms with Crippen molar-refractivity contribution < 1.29 is 14.3 Å². The van der Waals surface area contributed by atoms with Gasteiger partial charge >= 0.3 is 0 Å². The molecule has 0 aliphatic carbocycles. The van der Waals surface area contributed by atoms with Gasteiger partial charge < -0.3 is 5.11 Å². The molecule has 0 atom stereocenters. The lowest BCUT2D eigenvalue weighted by molar-refractivity contribution is 0.104. The number of aromatic nitrogens is 4. The van der Waals surface area contributed by atoms with Crippen LogP contribution >= 0.6 is 11.3 Å². The minimum Gasteiger partial charge on any atom is -0.504 e. The number of tetrazole rings is 1. The van der Waals surface area contributed by atoms with Gasteiger partial charge in [0, 0.05) is 17.4 Å². The largest absolute Gasteiger partial charge is 0.504 e. The Morgan fingerprint density at radius 2 is 2.13 bits per heavy atom. The summed E-state index contributed by atoms with van der Waals surface area (Å²) in [6.07, 6.45) is 1.44. The molecule has 0 unspecified atom stereocenters. The van der Waals surface area contributed by atoms with E-state index in [1.807, 2.05) is 0 Å². The molecule has 8 heteroatoms. The van der Waals surface area contributed by atoms with Crippen molar-refractivity contribution in [2.75, 3.05) is 0 Å². The first-order valence-electron chi connectivity index (χ1n) is 6.64. The molecule has 0 saturated heterocycles. The van der Waals surface area contributed by atoms with Crippen molar-refractivity contribution in [2.24, 2.45) is 0 Å². The highest BCUT2D eigenvalue weighted by atomic mass is 32.1. The SMILES string of the molecule is O=C(C=C(O)c1nn[nH]n1)c1ccc(Cc2ccccc2F)s1. The lowest BCUT2D eigenvalue weighted by Gasteiger charge is -1.99. The zero-order valence-corrected chi connectivity index (χ0v) is 12.5. The minimum absolute atomic E-state index is 0.0542. The molecule has 1 aromatic carbocycles. The summed E-state index contributed by atoms with van der Waals surface area (Å²) >= 11 is 1.25. The van der Waals surface area contributed by atoms with E-state index in [9.17, 15) is 14.3 Å². The number of aliphatic hydroxyl groups is 1. The third kappa shape index (κ3) is 3.49. The second-order valence-electron chi connectivity index (χ2n) is 4.66. The van der Waals surface area contributed by atoms with Crippen LogP contribution in [0.25, 0.3) is 5.76 Å². The van der Waals surface area contributed by atoms with E-state index >= 15 is 0 Å². The first kappa shape index (κ1) is 15.0. The molecule has 0 spiro atoms. The van der Waals surface area contributed by atoms with Crippen LogP contribution in [0.2, 0.25) is 0 Å². The van der Waals surface area contributed by atoms with Gasteiger partial charge in [0.25, 0.3) is 0 Å². The quantitative estimate of drug-likeness (QED) is 0.426. The Labute approximate surface area is 134 Å². The Hall–Kier alpha value is -2.87. The third-order valence-electron chi connectivity index (χ3n) is 3.07. The van der Waals surface area contributed by atoms with Gasteiger partial charge in [-0.15, -0.1) is 21.5 Å². The van der Waals surface area contributed by atoms with Crippen LogP contribution in [0.3, 0.4) is 0 Å². The van der Waals surface area contributed by atoms with Crippen LogP contribution in [0.1, 0.15) is 25.9 Å². The van der Waals surface area contributed by atoms with Gasteiger partial charge in [-0.1, -0.05) is 18.2 Å². The number of carbonyl (C=O) groups excluding carboxylic acids is 1. The maximum Gasteiger partial charge on any atom is 0.239 e. The number of benzene rings is 1. The van der Waals surface area contributed by atoms with E-state index in [1.54, 1.807) is 30.3 Å². The Morgan fingerprint density at radius 1 is 1.30 bits per heavy atom. The summed E-state index contributed by atoms with van der Waals surface area (Å²) in [5.74, 6) is -1.07. The summed E-state index contributed by atoms with van der Waals surface area (Å²) in [5.41, 5.74) is 0.568. The summed E-state index contributed by atoms with van der Waals surface area (Å²) in [6.45, 7) is 0. The Bertz CT molecular complexity index is 858. The van der Waals surface area contributed by atoms with Crippen molar-refractivity contribution in [1.29, 1.82) is 0 Å². The van der Waals surface area contributed by atoms with Crippen LogP contribution in [0.4, 0.5) is 4.39 Å². The maximum absolute atomic E-state index is 13.6. The van der Waals surface area contributed by atoms with E-state index in [0.717, 1.165) is 11.0 Å². The lowest BCUT2D eigenvalue weighted by Crippen LogP contribution is -1.95. The van der Waals surface area contributed by atoms with Crippen molar-refractivity contribution in [1.82, 2.24) is 20.6 Å². The molecule has 2 heterocycles. The Morgan fingerprint density at radius 3 is 2.87 bits per heavy atom. The summed E-state index contributed by atoms with van der Waals surface area (Å²) in [6, 6.07) is 9.92. The third-order valence-corrected chi connectivity index (χ3v) is 4.17. The smallest absolute Gasteiger partial charge is 0.239 e. The summed E-state index contributed by atoms with van der Waals surface area (Å²) in [4.78, 5) is 13.4. The number of halogens is 1. The van der Waals surface area contributed by atoms with E-state index in [-0.39, 0.29) is 23.2 Å². The average molecular weight is 330 g/mol. The summed E-state index contributed by atoms with van der Waals surface area (Å²) in [7, 11) is 0. The summed E-state index contributed by atoms with van der Waals surface area (Å²) < 4.78 is 13.6. The average Bonchev–Trinajstić information content (AvgIpc) is 3.21. The fraction of sp³-hybridized carbons (Fsp3) is 0.0667.